The van der Waals surface area contributed by atoms with Crippen molar-refractivity contribution in [3.05, 3.63) is 62.0 Å². The third kappa shape index (κ3) is 4.43. The van der Waals surface area contributed by atoms with Crippen molar-refractivity contribution >= 4 is 17.5 Å². The molecular formula is C21H26FN5O4. The minimum absolute atomic E-state index is 0.0170. The Hall–Kier alpha value is -3.27. The molecule has 0 radical (unpaired) electrons. The highest BCUT2D eigenvalue weighted by molar-refractivity contribution is 6.01. The summed E-state index contributed by atoms with van der Waals surface area (Å²) in [6.45, 7) is 1.63. The van der Waals surface area contributed by atoms with Crippen molar-refractivity contribution < 1.29 is 14.0 Å². The Morgan fingerprint density at radius 3 is 2.52 bits per heavy atom. The van der Waals surface area contributed by atoms with Crippen LogP contribution in [0.2, 0.25) is 0 Å². The van der Waals surface area contributed by atoms with Crippen LogP contribution < -0.4 is 22.7 Å². The van der Waals surface area contributed by atoms with E-state index in [0.717, 1.165) is 22.0 Å². The Bertz CT molecular complexity index is 1120. The van der Waals surface area contributed by atoms with Crippen LogP contribution in [0.25, 0.3) is 0 Å². The van der Waals surface area contributed by atoms with Gasteiger partial charge in [-0.1, -0.05) is 24.6 Å². The van der Waals surface area contributed by atoms with E-state index in [1.807, 2.05) is 0 Å². The standard InChI is InChI=1S/C21H26FN5O4/c1-2-26-20(30)17(16(28)12-25-10-6-5-9-15(25)19(24)29)18(23)27(21(26)31)11-13-7-3-4-8-14(13)22/h3-4,7-8,15H,2,5-6,9-12,23H2,1H3,(H2,24,29). The predicted molar refractivity (Wildman–Crippen MR) is 113 cm³/mol. The number of nitrogen functional groups attached to an aromatic ring is 1. The fourth-order valence-electron chi connectivity index (χ4n) is 3.97. The van der Waals surface area contributed by atoms with Gasteiger partial charge in [-0.15, -0.1) is 0 Å². The molecule has 2 heterocycles. The van der Waals surface area contributed by atoms with Gasteiger partial charge in [0, 0.05) is 12.1 Å². The van der Waals surface area contributed by atoms with E-state index in [9.17, 15) is 23.6 Å². The van der Waals surface area contributed by atoms with Gasteiger partial charge in [0.2, 0.25) is 5.91 Å². The molecule has 1 atom stereocenters. The maximum Gasteiger partial charge on any atom is 0.332 e. The van der Waals surface area contributed by atoms with Crippen molar-refractivity contribution in [2.24, 2.45) is 5.73 Å². The Morgan fingerprint density at radius 1 is 1.16 bits per heavy atom. The van der Waals surface area contributed by atoms with Crippen LogP contribution in [0.3, 0.4) is 0 Å². The average molecular weight is 431 g/mol. The molecule has 1 amide bonds. The van der Waals surface area contributed by atoms with Gasteiger partial charge in [-0.25, -0.2) is 9.18 Å². The first-order valence-corrected chi connectivity index (χ1v) is 10.2. The highest BCUT2D eigenvalue weighted by atomic mass is 19.1. The number of carbonyl (C=O) groups is 2. The molecule has 1 saturated heterocycles. The molecule has 1 aliphatic heterocycles. The lowest BCUT2D eigenvalue weighted by atomic mass is 10.0. The van der Waals surface area contributed by atoms with Gasteiger partial charge in [0.05, 0.1) is 19.1 Å². The molecule has 10 heteroatoms. The molecule has 9 nitrogen and oxygen atoms in total. The Labute approximate surface area is 178 Å². The summed E-state index contributed by atoms with van der Waals surface area (Å²) in [7, 11) is 0. The lowest BCUT2D eigenvalue weighted by Gasteiger charge is -2.33. The maximum atomic E-state index is 14.1. The number of carbonyl (C=O) groups excluding carboxylic acids is 2. The maximum absolute atomic E-state index is 14.1. The normalized spacial score (nSPS) is 16.9. The van der Waals surface area contributed by atoms with Crippen LogP contribution in [0, 0.1) is 5.82 Å². The number of hydrogen-bond donors (Lipinski definition) is 2. The first kappa shape index (κ1) is 22.4. The van der Waals surface area contributed by atoms with E-state index in [4.69, 9.17) is 11.5 Å². The first-order chi connectivity index (χ1) is 14.8. The van der Waals surface area contributed by atoms with E-state index in [0.29, 0.717) is 13.0 Å². The van der Waals surface area contributed by atoms with Crippen molar-refractivity contribution in [3.8, 4) is 0 Å². The van der Waals surface area contributed by atoms with Crippen molar-refractivity contribution in [1.29, 1.82) is 0 Å². The number of ketones is 1. The monoisotopic (exact) mass is 431 g/mol. The number of amides is 1. The molecule has 1 aromatic heterocycles. The number of nitrogens with zero attached hydrogens (tertiary/aromatic N) is 3. The van der Waals surface area contributed by atoms with Gasteiger partial charge in [-0.05, 0) is 32.4 Å². The van der Waals surface area contributed by atoms with Gasteiger partial charge >= 0.3 is 5.69 Å². The van der Waals surface area contributed by atoms with Crippen LogP contribution in [0.5, 0.6) is 0 Å². The largest absolute Gasteiger partial charge is 0.384 e. The number of aromatic nitrogens is 2. The number of halogens is 1. The van der Waals surface area contributed by atoms with E-state index in [-0.39, 0.29) is 36.6 Å². The summed E-state index contributed by atoms with van der Waals surface area (Å²) >= 11 is 0. The fourth-order valence-corrected chi connectivity index (χ4v) is 3.97. The molecule has 166 valence electrons. The SMILES string of the molecule is CCn1c(=O)c(C(=O)CN2CCCCC2C(N)=O)c(N)n(Cc2ccccc2F)c1=O. The summed E-state index contributed by atoms with van der Waals surface area (Å²) < 4.78 is 16.1. The molecule has 0 bridgehead atoms. The summed E-state index contributed by atoms with van der Waals surface area (Å²) in [5.74, 6) is -2.00. The molecule has 1 aromatic carbocycles. The van der Waals surface area contributed by atoms with Crippen LogP contribution in [-0.4, -0.2) is 44.9 Å². The second-order valence-corrected chi connectivity index (χ2v) is 7.58. The van der Waals surface area contributed by atoms with E-state index in [1.165, 1.54) is 18.2 Å². The zero-order valence-corrected chi connectivity index (χ0v) is 17.3. The van der Waals surface area contributed by atoms with E-state index in [1.54, 1.807) is 17.9 Å². The number of nitrogens with two attached hydrogens (primary N) is 2. The molecule has 1 fully saturated rings. The van der Waals surface area contributed by atoms with Gasteiger partial charge in [-0.3, -0.25) is 28.4 Å². The van der Waals surface area contributed by atoms with Crippen LogP contribution in [0.15, 0.2) is 33.9 Å². The fraction of sp³-hybridized carbons (Fsp3) is 0.429. The molecule has 2 aromatic rings. The van der Waals surface area contributed by atoms with Crippen LogP contribution in [0.4, 0.5) is 10.2 Å². The lowest BCUT2D eigenvalue weighted by Crippen LogP contribution is -2.51. The summed E-state index contributed by atoms with van der Waals surface area (Å²) in [6.07, 6.45) is 2.14. The number of primary amides is 1. The number of anilines is 1. The second-order valence-electron chi connectivity index (χ2n) is 7.58. The summed E-state index contributed by atoms with van der Waals surface area (Å²) in [5.41, 5.74) is 9.89. The lowest BCUT2D eigenvalue weighted by molar-refractivity contribution is -0.124. The molecular weight excluding hydrogens is 405 g/mol. The molecule has 1 unspecified atom stereocenters. The minimum atomic E-state index is -0.799. The third-order valence-electron chi connectivity index (χ3n) is 5.64. The Morgan fingerprint density at radius 2 is 1.87 bits per heavy atom. The number of rotatable bonds is 7. The van der Waals surface area contributed by atoms with Gasteiger partial charge in [0.25, 0.3) is 5.56 Å². The van der Waals surface area contributed by atoms with Crippen LogP contribution in [-0.2, 0) is 17.9 Å². The van der Waals surface area contributed by atoms with Gasteiger partial charge in [0.15, 0.2) is 5.78 Å². The molecule has 3 rings (SSSR count). The average Bonchev–Trinajstić information content (AvgIpc) is 2.73. The highest BCUT2D eigenvalue weighted by Gasteiger charge is 2.31. The molecule has 4 N–H and O–H groups in total. The van der Waals surface area contributed by atoms with Crippen molar-refractivity contribution in [1.82, 2.24) is 14.0 Å². The molecule has 0 saturated carbocycles. The number of benzene rings is 1. The molecule has 0 spiro atoms. The molecule has 1 aliphatic rings. The quantitative estimate of drug-likeness (QED) is 0.607. The Kier molecular flexibility index (Phi) is 6.69. The topological polar surface area (TPSA) is 133 Å². The first-order valence-electron chi connectivity index (χ1n) is 10.2. The summed E-state index contributed by atoms with van der Waals surface area (Å²) in [5, 5.41) is 0. The third-order valence-corrected chi connectivity index (χ3v) is 5.64. The summed E-state index contributed by atoms with van der Waals surface area (Å²) in [4.78, 5) is 52.2. The van der Waals surface area contributed by atoms with Crippen molar-refractivity contribution in [2.75, 3.05) is 18.8 Å². The number of Topliss-reactive ketones (excluding diaryl/α,β-unsaturated/α-hetero) is 1. The van der Waals surface area contributed by atoms with E-state index in [2.05, 4.69) is 0 Å². The number of likely N-dealkylation sites (tertiary alicyclic amines) is 1. The van der Waals surface area contributed by atoms with E-state index >= 15 is 0 Å². The van der Waals surface area contributed by atoms with Crippen molar-refractivity contribution in [3.63, 3.8) is 0 Å². The smallest absolute Gasteiger partial charge is 0.332 e. The van der Waals surface area contributed by atoms with Gasteiger partial charge in [0.1, 0.15) is 17.2 Å². The molecule has 31 heavy (non-hydrogen) atoms. The zero-order valence-electron chi connectivity index (χ0n) is 17.3. The van der Waals surface area contributed by atoms with Gasteiger partial charge < -0.3 is 11.5 Å². The molecule has 0 aliphatic carbocycles. The highest BCUT2D eigenvalue weighted by Crippen LogP contribution is 2.18. The number of piperidine rings is 1. The van der Waals surface area contributed by atoms with E-state index < -0.39 is 34.8 Å². The Balaban J connectivity index is 2.04. The van der Waals surface area contributed by atoms with Crippen molar-refractivity contribution in [2.45, 2.75) is 45.3 Å². The zero-order chi connectivity index (χ0) is 22.7. The van der Waals surface area contributed by atoms with Crippen LogP contribution >= 0.6 is 0 Å². The minimum Gasteiger partial charge on any atom is -0.384 e. The second kappa shape index (κ2) is 9.25. The van der Waals surface area contributed by atoms with Crippen LogP contribution in [0.1, 0.15) is 42.1 Å². The van der Waals surface area contributed by atoms with Gasteiger partial charge in [-0.2, -0.15) is 0 Å². The summed E-state index contributed by atoms with van der Waals surface area (Å²) in [6, 6.07) is 5.27. The predicted octanol–water partition coefficient (Wildman–Crippen LogP) is 0.322. The number of hydrogen-bond acceptors (Lipinski definition) is 6.